The van der Waals surface area contributed by atoms with Crippen LogP contribution in [0, 0.1) is 5.82 Å². The number of fused-ring (bicyclic) bond motifs is 1. The van der Waals surface area contributed by atoms with E-state index in [1.165, 1.54) is 19.2 Å². The number of anilines is 1. The van der Waals surface area contributed by atoms with Crippen LogP contribution in [-0.4, -0.2) is 19.6 Å². The van der Waals surface area contributed by atoms with Gasteiger partial charge in [-0.2, -0.15) is 0 Å². The van der Waals surface area contributed by atoms with Crippen LogP contribution in [0.4, 0.5) is 10.1 Å². The summed E-state index contributed by atoms with van der Waals surface area (Å²) in [6, 6.07) is 7.71. The normalized spacial score (nSPS) is 13.3. The predicted molar refractivity (Wildman–Crippen MR) is 87.8 cm³/mol. The van der Waals surface area contributed by atoms with Gasteiger partial charge in [0.15, 0.2) is 11.6 Å². The molecule has 120 valence electrons. The van der Waals surface area contributed by atoms with Gasteiger partial charge < -0.3 is 15.4 Å². The zero-order valence-electron chi connectivity index (χ0n) is 12.6. The highest BCUT2D eigenvalue weighted by molar-refractivity contribution is 6.31. The fraction of sp³-hybridized carbons (Fsp3) is 0.235. The van der Waals surface area contributed by atoms with Gasteiger partial charge in [0, 0.05) is 22.8 Å². The van der Waals surface area contributed by atoms with E-state index >= 15 is 0 Å². The molecule has 2 aromatic carbocycles. The number of carbonyl (C=O) groups is 1. The first-order chi connectivity index (χ1) is 11.1. The zero-order chi connectivity index (χ0) is 16.4. The number of benzene rings is 2. The zero-order valence-corrected chi connectivity index (χ0v) is 13.3. The van der Waals surface area contributed by atoms with E-state index in [1.807, 2.05) is 6.07 Å². The van der Waals surface area contributed by atoms with Crippen LogP contribution in [0.2, 0.25) is 5.02 Å². The summed E-state index contributed by atoms with van der Waals surface area (Å²) < 4.78 is 18.5. The molecular weight excluding hydrogens is 319 g/mol. The molecule has 3 rings (SSSR count). The van der Waals surface area contributed by atoms with Crippen LogP contribution in [0.5, 0.6) is 5.75 Å². The summed E-state index contributed by atoms with van der Waals surface area (Å²) in [5.41, 5.74) is 2.99. The van der Waals surface area contributed by atoms with Crippen molar-refractivity contribution in [3.63, 3.8) is 0 Å². The summed E-state index contributed by atoms with van der Waals surface area (Å²) in [5.74, 6) is -0.872. The topological polar surface area (TPSA) is 50.4 Å². The number of carbonyl (C=O) groups excluding carboxylic acids is 1. The van der Waals surface area contributed by atoms with Crippen molar-refractivity contribution in [1.82, 2.24) is 5.32 Å². The Bertz CT molecular complexity index is 764. The minimum Gasteiger partial charge on any atom is -0.494 e. The van der Waals surface area contributed by atoms with Crippen molar-refractivity contribution in [2.75, 3.05) is 19.0 Å². The fourth-order valence-electron chi connectivity index (χ4n) is 2.65. The van der Waals surface area contributed by atoms with E-state index in [0.717, 1.165) is 36.7 Å². The summed E-state index contributed by atoms with van der Waals surface area (Å²) in [6.07, 6.45) is 0.867. The lowest BCUT2D eigenvalue weighted by Crippen LogP contribution is -2.24. The molecule has 1 heterocycles. The van der Waals surface area contributed by atoms with Gasteiger partial charge in [-0.15, -0.1) is 0 Å². The molecule has 0 bridgehead atoms. The van der Waals surface area contributed by atoms with E-state index < -0.39 is 11.7 Å². The van der Waals surface area contributed by atoms with Crippen molar-refractivity contribution in [2.24, 2.45) is 0 Å². The molecule has 0 spiro atoms. The van der Waals surface area contributed by atoms with Crippen molar-refractivity contribution in [3.05, 3.63) is 57.9 Å². The molecular formula is C17H16ClFN2O2. The third-order valence-electron chi connectivity index (χ3n) is 3.83. The van der Waals surface area contributed by atoms with Crippen LogP contribution in [0.15, 0.2) is 30.3 Å². The Morgan fingerprint density at radius 1 is 1.35 bits per heavy atom. The standard InChI is InChI=1S/C17H16ClFN2O2/c1-23-16-3-2-10(7-15(16)19)17(22)21-12-6-11-9-20-5-4-13(11)14(18)8-12/h2-3,6-8,20H,4-5,9H2,1H3,(H,21,22). The van der Waals surface area contributed by atoms with Crippen molar-refractivity contribution >= 4 is 23.2 Å². The first-order valence-electron chi connectivity index (χ1n) is 7.25. The third-order valence-corrected chi connectivity index (χ3v) is 4.16. The van der Waals surface area contributed by atoms with E-state index in [0.29, 0.717) is 10.7 Å². The monoisotopic (exact) mass is 334 g/mol. The number of rotatable bonds is 3. The Morgan fingerprint density at radius 2 is 2.17 bits per heavy atom. The number of amides is 1. The molecule has 1 amide bonds. The Balaban J connectivity index is 1.83. The Hall–Kier alpha value is -2.11. The number of hydrogen-bond acceptors (Lipinski definition) is 3. The molecule has 4 nitrogen and oxygen atoms in total. The summed E-state index contributed by atoms with van der Waals surface area (Å²) >= 11 is 6.29. The summed E-state index contributed by atoms with van der Waals surface area (Å²) in [7, 11) is 1.38. The second kappa shape index (κ2) is 6.56. The number of nitrogens with one attached hydrogen (secondary N) is 2. The van der Waals surface area contributed by atoms with Gasteiger partial charge in [0.25, 0.3) is 5.91 Å². The van der Waals surface area contributed by atoms with Crippen molar-refractivity contribution in [3.8, 4) is 5.75 Å². The van der Waals surface area contributed by atoms with Crippen LogP contribution < -0.4 is 15.4 Å². The van der Waals surface area contributed by atoms with E-state index in [1.54, 1.807) is 6.07 Å². The van der Waals surface area contributed by atoms with Crippen molar-refractivity contribution < 1.29 is 13.9 Å². The lowest BCUT2D eigenvalue weighted by atomic mass is 10.00. The Labute approximate surface area is 138 Å². The molecule has 23 heavy (non-hydrogen) atoms. The van der Waals surface area contributed by atoms with Gasteiger partial charge in [-0.1, -0.05) is 11.6 Å². The number of hydrogen-bond donors (Lipinski definition) is 2. The number of halogens is 2. The van der Waals surface area contributed by atoms with E-state index in [9.17, 15) is 9.18 Å². The fourth-order valence-corrected chi connectivity index (χ4v) is 2.98. The second-order valence-electron chi connectivity index (χ2n) is 5.33. The summed E-state index contributed by atoms with van der Waals surface area (Å²) in [5, 5.41) is 6.66. The molecule has 6 heteroatoms. The molecule has 0 saturated heterocycles. The Morgan fingerprint density at radius 3 is 2.91 bits per heavy atom. The maximum absolute atomic E-state index is 13.7. The summed E-state index contributed by atoms with van der Waals surface area (Å²) in [6.45, 7) is 1.61. The first-order valence-corrected chi connectivity index (χ1v) is 7.63. The Kier molecular flexibility index (Phi) is 4.50. The summed E-state index contributed by atoms with van der Waals surface area (Å²) in [4.78, 5) is 12.3. The van der Waals surface area contributed by atoms with Gasteiger partial charge in [-0.25, -0.2) is 4.39 Å². The first kappa shape index (κ1) is 15.8. The number of ether oxygens (including phenoxy) is 1. The lowest BCUT2D eigenvalue weighted by Gasteiger charge is -2.19. The van der Waals surface area contributed by atoms with E-state index in [2.05, 4.69) is 10.6 Å². The largest absolute Gasteiger partial charge is 0.494 e. The van der Waals surface area contributed by atoms with Gasteiger partial charge in [0.05, 0.1) is 7.11 Å². The van der Waals surface area contributed by atoms with Gasteiger partial charge in [-0.3, -0.25) is 4.79 Å². The van der Waals surface area contributed by atoms with Crippen LogP contribution in [-0.2, 0) is 13.0 Å². The highest BCUT2D eigenvalue weighted by atomic mass is 35.5. The minimum atomic E-state index is -0.576. The van der Waals surface area contributed by atoms with Crippen LogP contribution >= 0.6 is 11.6 Å². The van der Waals surface area contributed by atoms with Gasteiger partial charge in [0.2, 0.25) is 0 Å². The molecule has 1 aliphatic rings. The van der Waals surface area contributed by atoms with Crippen molar-refractivity contribution in [1.29, 1.82) is 0 Å². The maximum atomic E-state index is 13.7. The smallest absolute Gasteiger partial charge is 0.255 e. The molecule has 0 atom stereocenters. The van der Waals surface area contributed by atoms with Crippen LogP contribution in [0.1, 0.15) is 21.5 Å². The average molecular weight is 335 g/mol. The second-order valence-corrected chi connectivity index (χ2v) is 5.73. The molecule has 0 aliphatic carbocycles. The quantitative estimate of drug-likeness (QED) is 0.904. The third kappa shape index (κ3) is 3.30. The molecule has 0 fully saturated rings. The SMILES string of the molecule is COc1ccc(C(=O)Nc2cc(Cl)c3c(c2)CNCC3)cc1F. The number of methoxy groups -OCH3 is 1. The molecule has 0 radical (unpaired) electrons. The van der Waals surface area contributed by atoms with Crippen LogP contribution in [0.3, 0.4) is 0 Å². The molecule has 1 aliphatic heterocycles. The van der Waals surface area contributed by atoms with E-state index in [-0.39, 0.29) is 11.3 Å². The lowest BCUT2D eigenvalue weighted by molar-refractivity contribution is 0.102. The average Bonchev–Trinajstić information content (AvgIpc) is 2.54. The van der Waals surface area contributed by atoms with E-state index in [4.69, 9.17) is 16.3 Å². The van der Waals surface area contributed by atoms with Crippen LogP contribution in [0.25, 0.3) is 0 Å². The molecule has 0 saturated carbocycles. The molecule has 0 aromatic heterocycles. The van der Waals surface area contributed by atoms with Gasteiger partial charge in [-0.05, 0) is 54.4 Å². The van der Waals surface area contributed by atoms with Gasteiger partial charge in [0.1, 0.15) is 0 Å². The highest BCUT2D eigenvalue weighted by Gasteiger charge is 2.15. The van der Waals surface area contributed by atoms with Crippen molar-refractivity contribution in [2.45, 2.75) is 13.0 Å². The molecule has 2 aromatic rings. The molecule has 0 unspecified atom stereocenters. The molecule has 2 N–H and O–H groups in total. The minimum absolute atomic E-state index is 0.101. The predicted octanol–water partition coefficient (Wildman–Crippen LogP) is 3.39. The van der Waals surface area contributed by atoms with Gasteiger partial charge >= 0.3 is 0 Å². The highest BCUT2D eigenvalue weighted by Crippen LogP contribution is 2.28. The maximum Gasteiger partial charge on any atom is 0.255 e.